The summed E-state index contributed by atoms with van der Waals surface area (Å²) < 4.78 is 40.9. The number of hydrazone groups is 1. The van der Waals surface area contributed by atoms with Gasteiger partial charge in [0, 0.05) is 33.8 Å². The Kier molecular flexibility index (Phi) is 8.97. The van der Waals surface area contributed by atoms with Gasteiger partial charge in [-0.25, -0.2) is 15.4 Å². The number of aryl methyl sites for hydroxylation is 2. The van der Waals surface area contributed by atoms with E-state index in [-0.39, 0.29) is 28.6 Å². The van der Waals surface area contributed by atoms with Gasteiger partial charge >= 0.3 is 6.18 Å². The highest BCUT2D eigenvalue weighted by atomic mass is 32.2. The zero-order valence-electron chi connectivity index (χ0n) is 21.8. The first-order valence-electron chi connectivity index (χ1n) is 12.1. The van der Waals surface area contributed by atoms with Crippen molar-refractivity contribution in [2.45, 2.75) is 30.1 Å². The van der Waals surface area contributed by atoms with Crippen molar-refractivity contribution in [3.63, 3.8) is 0 Å². The van der Waals surface area contributed by atoms with Gasteiger partial charge in [0.1, 0.15) is 5.69 Å². The molecule has 0 spiro atoms. The van der Waals surface area contributed by atoms with Crippen molar-refractivity contribution in [2.24, 2.45) is 5.10 Å². The lowest BCUT2D eigenvalue weighted by Crippen LogP contribution is -2.25. The van der Waals surface area contributed by atoms with Crippen LogP contribution in [0.5, 0.6) is 0 Å². The van der Waals surface area contributed by atoms with Crippen LogP contribution in [-0.4, -0.2) is 33.6 Å². The second kappa shape index (κ2) is 12.6. The lowest BCUT2D eigenvalue weighted by Gasteiger charge is -2.11. The predicted molar refractivity (Wildman–Crippen MR) is 150 cm³/mol. The topological polar surface area (TPSA) is 122 Å². The Morgan fingerprint density at radius 3 is 2.46 bits per heavy atom. The summed E-state index contributed by atoms with van der Waals surface area (Å²) in [5.41, 5.74) is 4.56. The maximum Gasteiger partial charge on any atom is 0.433 e. The average Bonchev–Trinajstić information content (AvgIpc) is 2.94. The van der Waals surface area contributed by atoms with Gasteiger partial charge in [0.05, 0.1) is 23.4 Å². The van der Waals surface area contributed by atoms with Crippen LogP contribution in [0.4, 0.5) is 24.5 Å². The molecule has 0 aliphatic carbocycles. The molecular formula is C28H23F3N6O3S. The third-order valence-electron chi connectivity index (χ3n) is 5.82. The van der Waals surface area contributed by atoms with Crippen LogP contribution in [0.15, 0.2) is 87.9 Å². The lowest BCUT2D eigenvalue weighted by atomic mass is 10.1. The third-order valence-corrected chi connectivity index (χ3v) is 6.78. The fraction of sp³-hybridized carbons (Fsp3) is 0.143. The molecule has 0 aliphatic heterocycles. The zero-order valence-corrected chi connectivity index (χ0v) is 22.6. The number of nitrogens with one attached hydrogen (secondary N) is 2. The summed E-state index contributed by atoms with van der Waals surface area (Å²) in [5.74, 6) is -0.479. The second-order valence-corrected chi connectivity index (χ2v) is 9.82. The number of carbonyl (C=O) groups excluding carboxylic acids is 1. The number of nitro benzene ring substituents is 1. The summed E-state index contributed by atoms with van der Waals surface area (Å²) in [6.07, 6.45) is -3.55. The number of halogens is 3. The quantitative estimate of drug-likeness (QED) is 0.102. The minimum atomic E-state index is -4.73. The molecule has 4 aromatic rings. The Morgan fingerprint density at radius 1 is 1.02 bits per heavy atom. The van der Waals surface area contributed by atoms with Crippen LogP contribution in [0.2, 0.25) is 0 Å². The molecule has 0 fully saturated rings. The lowest BCUT2D eigenvalue weighted by molar-refractivity contribution is -0.384. The molecule has 1 amide bonds. The van der Waals surface area contributed by atoms with Gasteiger partial charge < -0.3 is 5.32 Å². The van der Waals surface area contributed by atoms with Gasteiger partial charge in [-0.1, -0.05) is 36.4 Å². The van der Waals surface area contributed by atoms with Gasteiger partial charge in [0.15, 0.2) is 5.16 Å². The molecule has 0 atom stereocenters. The van der Waals surface area contributed by atoms with Gasteiger partial charge in [0.2, 0.25) is 0 Å². The number of rotatable bonds is 9. The maximum atomic E-state index is 13.6. The Morgan fingerprint density at radius 2 is 1.78 bits per heavy atom. The predicted octanol–water partition coefficient (Wildman–Crippen LogP) is 6.40. The van der Waals surface area contributed by atoms with Crippen LogP contribution in [0.25, 0.3) is 11.3 Å². The van der Waals surface area contributed by atoms with Crippen molar-refractivity contribution < 1.29 is 22.9 Å². The summed E-state index contributed by atoms with van der Waals surface area (Å²) in [7, 11) is 0. The molecular weight excluding hydrogens is 557 g/mol. The molecule has 0 bridgehead atoms. The number of nitro groups is 1. The minimum absolute atomic E-state index is 0.0658. The first-order chi connectivity index (χ1) is 19.5. The zero-order chi connectivity index (χ0) is 29.6. The molecule has 210 valence electrons. The molecule has 0 radical (unpaired) electrons. The molecule has 2 N–H and O–H groups in total. The summed E-state index contributed by atoms with van der Waals surface area (Å²) in [4.78, 5) is 31.3. The number of alkyl halides is 3. The van der Waals surface area contributed by atoms with Crippen molar-refractivity contribution in [3.05, 3.63) is 105 Å². The summed E-state index contributed by atoms with van der Waals surface area (Å²) in [6, 6.07) is 18.6. The molecule has 0 unspecified atom stereocenters. The van der Waals surface area contributed by atoms with Crippen LogP contribution >= 0.6 is 11.8 Å². The Bertz CT molecular complexity index is 1610. The van der Waals surface area contributed by atoms with E-state index in [9.17, 15) is 28.1 Å². The smallest absolute Gasteiger partial charge is 0.376 e. The molecule has 41 heavy (non-hydrogen) atoms. The second-order valence-electron chi connectivity index (χ2n) is 8.81. The van der Waals surface area contributed by atoms with E-state index in [1.807, 2.05) is 32.0 Å². The molecule has 9 nitrogen and oxygen atoms in total. The SMILES string of the molecule is Cc1ccc(NCC(=O)N/N=C/c2cc([N+](=O)[O-])ccc2Sc2nc(-c3ccccc3)cc(C(F)(F)F)n2)cc1C. The van der Waals surface area contributed by atoms with Gasteiger partial charge in [-0.3, -0.25) is 14.9 Å². The van der Waals surface area contributed by atoms with Crippen LogP contribution in [0.3, 0.4) is 0 Å². The van der Waals surface area contributed by atoms with Crippen LogP contribution < -0.4 is 10.7 Å². The monoisotopic (exact) mass is 580 g/mol. The van der Waals surface area contributed by atoms with Gasteiger partial charge in [-0.05, 0) is 61.0 Å². The highest BCUT2D eigenvalue weighted by Gasteiger charge is 2.34. The van der Waals surface area contributed by atoms with Crippen LogP contribution in [0.1, 0.15) is 22.4 Å². The molecule has 3 aromatic carbocycles. The number of hydrogen-bond acceptors (Lipinski definition) is 8. The number of amides is 1. The molecule has 0 aliphatic rings. The van der Waals surface area contributed by atoms with Crippen molar-refractivity contribution in [3.8, 4) is 11.3 Å². The number of hydrogen-bond donors (Lipinski definition) is 2. The molecule has 1 heterocycles. The fourth-order valence-corrected chi connectivity index (χ4v) is 4.41. The van der Waals surface area contributed by atoms with Crippen molar-refractivity contribution in [2.75, 3.05) is 11.9 Å². The van der Waals surface area contributed by atoms with E-state index >= 15 is 0 Å². The molecule has 0 saturated heterocycles. The van der Waals surface area contributed by atoms with E-state index in [2.05, 4.69) is 25.8 Å². The Hall–Kier alpha value is -4.78. The van der Waals surface area contributed by atoms with E-state index in [0.29, 0.717) is 10.5 Å². The molecule has 0 saturated carbocycles. The summed E-state index contributed by atoms with van der Waals surface area (Å²) in [5, 5.41) is 18.0. The number of anilines is 1. The summed E-state index contributed by atoms with van der Waals surface area (Å²) in [6.45, 7) is 3.84. The van der Waals surface area contributed by atoms with E-state index in [1.54, 1.807) is 30.3 Å². The highest BCUT2D eigenvalue weighted by Crippen LogP contribution is 2.35. The van der Waals surface area contributed by atoms with Crippen molar-refractivity contribution >= 4 is 35.3 Å². The van der Waals surface area contributed by atoms with E-state index < -0.39 is 22.7 Å². The number of non-ortho nitro benzene ring substituents is 1. The van der Waals surface area contributed by atoms with Crippen molar-refractivity contribution in [1.29, 1.82) is 0 Å². The van der Waals surface area contributed by atoms with Gasteiger partial charge in [-0.2, -0.15) is 18.3 Å². The number of carbonyl (C=O) groups is 1. The Balaban J connectivity index is 1.56. The van der Waals surface area contributed by atoms with Gasteiger partial charge in [0.25, 0.3) is 11.6 Å². The normalized spacial score (nSPS) is 11.4. The van der Waals surface area contributed by atoms with E-state index in [0.717, 1.165) is 34.6 Å². The standard InChI is InChI=1S/C28H23F3N6O3S/c1-17-8-9-21(12-18(17)2)32-16-26(38)36-33-15-20-13-22(37(39)40)10-11-24(20)41-27-34-23(19-6-4-3-5-7-19)14-25(35-27)28(29,30)31/h3-15,32H,16H2,1-2H3,(H,36,38)/b33-15+. The van der Waals surface area contributed by atoms with Crippen LogP contribution in [0, 0.1) is 24.0 Å². The molecule has 1 aromatic heterocycles. The molecule has 4 rings (SSSR count). The first kappa shape index (κ1) is 29.2. The summed E-state index contributed by atoms with van der Waals surface area (Å²) >= 11 is 0.781. The van der Waals surface area contributed by atoms with E-state index in [4.69, 9.17) is 0 Å². The largest absolute Gasteiger partial charge is 0.433 e. The average molecular weight is 581 g/mol. The number of aromatic nitrogens is 2. The van der Waals surface area contributed by atoms with E-state index in [1.165, 1.54) is 24.4 Å². The Labute approximate surface area is 237 Å². The minimum Gasteiger partial charge on any atom is -0.376 e. The highest BCUT2D eigenvalue weighted by molar-refractivity contribution is 7.99. The van der Waals surface area contributed by atoms with Gasteiger partial charge in [-0.15, -0.1) is 0 Å². The first-order valence-corrected chi connectivity index (χ1v) is 12.9. The van der Waals surface area contributed by atoms with Crippen LogP contribution in [-0.2, 0) is 11.0 Å². The maximum absolute atomic E-state index is 13.6. The fourth-order valence-electron chi connectivity index (χ4n) is 3.56. The van der Waals surface area contributed by atoms with Crippen molar-refractivity contribution in [1.82, 2.24) is 15.4 Å². The number of benzene rings is 3. The number of nitrogens with zero attached hydrogens (tertiary/aromatic N) is 4. The molecule has 13 heteroatoms. The third kappa shape index (κ3) is 7.88.